The average Bonchev–Trinajstić information content (AvgIpc) is 2.94. The van der Waals surface area contributed by atoms with Crippen LogP contribution in [0.2, 0.25) is 0 Å². The van der Waals surface area contributed by atoms with Crippen LogP contribution < -0.4 is 4.74 Å². The Morgan fingerprint density at radius 3 is 2.59 bits per heavy atom. The van der Waals surface area contributed by atoms with Crippen molar-refractivity contribution in [2.45, 2.75) is 0 Å². The van der Waals surface area contributed by atoms with Crippen molar-refractivity contribution in [2.24, 2.45) is 0 Å². The first-order valence-corrected chi connectivity index (χ1v) is 7.20. The number of nitrogens with zero attached hydrogens (tertiary/aromatic N) is 3. The zero-order valence-electron chi connectivity index (χ0n) is 11.9. The van der Waals surface area contributed by atoms with Crippen molar-refractivity contribution >= 4 is 27.5 Å². The first-order chi connectivity index (χ1) is 10.6. The fraction of sp³-hybridized carbons (Fsp3) is 0.133. The highest BCUT2D eigenvalue weighted by molar-refractivity contribution is 9.10. The molecule has 0 aliphatic heterocycles. The lowest BCUT2D eigenvalue weighted by Crippen LogP contribution is -2.10. The molecule has 2 aromatic heterocycles. The van der Waals surface area contributed by atoms with Gasteiger partial charge in [-0.2, -0.15) is 5.10 Å². The van der Waals surface area contributed by atoms with E-state index in [1.54, 1.807) is 19.4 Å². The molecule has 0 N–H and O–H groups in total. The van der Waals surface area contributed by atoms with Gasteiger partial charge in [0.1, 0.15) is 5.75 Å². The summed E-state index contributed by atoms with van der Waals surface area (Å²) in [5, 5.41) is 4.14. The van der Waals surface area contributed by atoms with Gasteiger partial charge in [0.25, 0.3) is 0 Å². The van der Waals surface area contributed by atoms with Crippen LogP contribution in [0.15, 0.2) is 41.0 Å². The lowest BCUT2D eigenvalue weighted by atomic mass is 10.1. The summed E-state index contributed by atoms with van der Waals surface area (Å²) >= 11 is 3.38. The minimum Gasteiger partial charge on any atom is -0.497 e. The van der Waals surface area contributed by atoms with E-state index in [1.807, 2.05) is 24.3 Å². The Labute approximate surface area is 134 Å². The lowest BCUT2D eigenvalue weighted by Gasteiger charge is -2.07. The van der Waals surface area contributed by atoms with Gasteiger partial charge in [0.15, 0.2) is 11.3 Å². The summed E-state index contributed by atoms with van der Waals surface area (Å²) < 4.78 is 12.1. The SMILES string of the molecule is COC(=O)c1cc(-c2ccc(OC)cc2)nc2c(Br)cnn12. The molecule has 0 unspecified atom stereocenters. The topological polar surface area (TPSA) is 65.7 Å². The van der Waals surface area contributed by atoms with Crippen LogP contribution in [0.4, 0.5) is 0 Å². The summed E-state index contributed by atoms with van der Waals surface area (Å²) in [4.78, 5) is 16.5. The number of aromatic nitrogens is 3. The van der Waals surface area contributed by atoms with Gasteiger partial charge in [-0.25, -0.2) is 14.3 Å². The number of fused-ring (bicyclic) bond motifs is 1. The van der Waals surface area contributed by atoms with Gasteiger partial charge in [-0.15, -0.1) is 0 Å². The van der Waals surface area contributed by atoms with Gasteiger partial charge in [-0.05, 0) is 46.3 Å². The molecular formula is C15H12BrN3O3. The standard InChI is InChI=1S/C15H12BrN3O3/c1-21-10-5-3-9(4-6-10)12-7-13(15(20)22-2)19-14(18-12)11(16)8-17-19/h3-8H,1-2H3. The fourth-order valence-corrected chi connectivity index (χ4v) is 2.44. The molecule has 0 radical (unpaired) electrons. The van der Waals surface area contributed by atoms with E-state index in [0.29, 0.717) is 21.5 Å². The normalized spacial score (nSPS) is 10.7. The van der Waals surface area contributed by atoms with E-state index in [2.05, 4.69) is 26.0 Å². The molecule has 0 amide bonds. The Balaban J connectivity index is 2.20. The molecule has 6 nitrogen and oxygen atoms in total. The highest BCUT2D eigenvalue weighted by Gasteiger charge is 2.17. The van der Waals surface area contributed by atoms with Gasteiger partial charge in [0.2, 0.25) is 0 Å². The van der Waals surface area contributed by atoms with Crippen LogP contribution in [0.1, 0.15) is 10.5 Å². The minimum atomic E-state index is -0.474. The van der Waals surface area contributed by atoms with Gasteiger partial charge < -0.3 is 9.47 Å². The van der Waals surface area contributed by atoms with E-state index >= 15 is 0 Å². The van der Waals surface area contributed by atoms with Gasteiger partial charge in [0.05, 0.1) is 30.6 Å². The molecule has 22 heavy (non-hydrogen) atoms. The number of carbonyl (C=O) groups is 1. The molecule has 1 aromatic carbocycles. The van der Waals surface area contributed by atoms with Gasteiger partial charge in [-0.3, -0.25) is 0 Å². The van der Waals surface area contributed by atoms with Gasteiger partial charge >= 0.3 is 5.97 Å². The fourth-order valence-electron chi connectivity index (χ4n) is 2.10. The van der Waals surface area contributed by atoms with Crippen molar-refractivity contribution in [3.63, 3.8) is 0 Å². The maximum atomic E-state index is 12.0. The Morgan fingerprint density at radius 2 is 1.95 bits per heavy atom. The molecule has 7 heteroatoms. The smallest absolute Gasteiger partial charge is 0.356 e. The Kier molecular flexibility index (Phi) is 3.81. The molecule has 0 saturated carbocycles. The maximum absolute atomic E-state index is 12.0. The molecule has 3 rings (SSSR count). The second-order valence-corrected chi connectivity index (χ2v) is 5.33. The molecule has 0 saturated heterocycles. The molecule has 0 aliphatic carbocycles. The van der Waals surface area contributed by atoms with Crippen LogP contribution in [0.3, 0.4) is 0 Å². The van der Waals surface area contributed by atoms with Crippen LogP contribution in [0.5, 0.6) is 5.75 Å². The highest BCUT2D eigenvalue weighted by Crippen LogP contribution is 2.25. The minimum absolute atomic E-state index is 0.309. The van der Waals surface area contributed by atoms with E-state index in [4.69, 9.17) is 9.47 Å². The molecule has 0 bridgehead atoms. The zero-order chi connectivity index (χ0) is 15.7. The number of benzene rings is 1. The van der Waals surface area contributed by atoms with Crippen molar-refractivity contribution in [3.8, 4) is 17.0 Å². The van der Waals surface area contributed by atoms with E-state index in [-0.39, 0.29) is 0 Å². The van der Waals surface area contributed by atoms with Crippen molar-refractivity contribution in [1.82, 2.24) is 14.6 Å². The molecular weight excluding hydrogens is 350 g/mol. The largest absolute Gasteiger partial charge is 0.497 e. The second kappa shape index (κ2) is 5.76. The molecule has 0 aliphatic rings. The molecule has 112 valence electrons. The Bertz CT molecular complexity index is 843. The monoisotopic (exact) mass is 361 g/mol. The second-order valence-electron chi connectivity index (χ2n) is 4.47. The van der Waals surface area contributed by atoms with Crippen LogP contribution in [0.25, 0.3) is 16.9 Å². The molecule has 0 fully saturated rings. The highest BCUT2D eigenvalue weighted by atomic mass is 79.9. The van der Waals surface area contributed by atoms with Crippen molar-refractivity contribution in [2.75, 3.05) is 14.2 Å². The average molecular weight is 362 g/mol. The first-order valence-electron chi connectivity index (χ1n) is 6.41. The van der Waals surface area contributed by atoms with Crippen molar-refractivity contribution < 1.29 is 14.3 Å². The summed E-state index contributed by atoms with van der Waals surface area (Å²) in [5.41, 5.74) is 2.37. The van der Waals surface area contributed by atoms with Crippen molar-refractivity contribution in [3.05, 3.63) is 46.7 Å². The van der Waals surface area contributed by atoms with Crippen LogP contribution in [0, 0.1) is 0 Å². The predicted molar refractivity (Wildman–Crippen MR) is 84.0 cm³/mol. The molecule has 0 spiro atoms. The Hall–Kier alpha value is -2.41. The van der Waals surface area contributed by atoms with E-state index < -0.39 is 5.97 Å². The maximum Gasteiger partial charge on any atom is 0.356 e. The Morgan fingerprint density at radius 1 is 1.23 bits per heavy atom. The van der Waals surface area contributed by atoms with Gasteiger partial charge in [0, 0.05) is 5.56 Å². The molecule has 2 heterocycles. The van der Waals surface area contributed by atoms with E-state index in [9.17, 15) is 4.79 Å². The van der Waals surface area contributed by atoms with Crippen LogP contribution in [-0.4, -0.2) is 34.8 Å². The molecule has 0 atom stereocenters. The van der Waals surface area contributed by atoms with E-state index in [1.165, 1.54) is 11.6 Å². The number of methoxy groups -OCH3 is 2. The number of rotatable bonds is 3. The number of ether oxygens (including phenoxy) is 2. The number of esters is 1. The third kappa shape index (κ3) is 2.43. The van der Waals surface area contributed by atoms with E-state index in [0.717, 1.165) is 11.3 Å². The number of carbonyl (C=O) groups excluding carboxylic acids is 1. The number of halogens is 1. The van der Waals surface area contributed by atoms with Crippen LogP contribution >= 0.6 is 15.9 Å². The number of hydrogen-bond donors (Lipinski definition) is 0. The van der Waals surface area contributed by atoms with Gasteiger partial charge in [-0.1, -0.05) is 0 Å². The number of hydrogen-bond acceptors (Lipinski definition) is 5. The summed E-state index contributed by atoms with van der Waals surface area (Å²) in [7, 11) is 2.94. The predicted octanol–water partition coefficient (Wildman–Crippen LogP) is 2.95. The molecule has 3 aromatic rings. The zero-order valence-corrected chi connectivity index (χ0v) is 13.5. The quantitative estimate of drug-likeness (QED) is 0.671. The van der Waals surface area contributed by atoms with Crippen LogP contribution in [-0.2, 0) is 4.74 Å². The summed E-state index contributed by atoms with van der Waals surface area (Å²) in [6.07, 6.45) is 1.59. The third-order valence-electron chi connectivity index (χ3n) is 3.21. The summed E-state index contributed by atoms with van der Waals surface area (Å²) in [5.74, 6) is 0.279. The first kappa shape index (κ1) is 14.5. The third-order valence-corrected chi connectivity index (χ3v) is 3.77. The lowest BCUT2D eigenvalue weighted by molar-refractivity contribution is 0.0590. The summed E-state index contributed by atoms with van der Waals surface area (Å²) in [6, 6.07) is 9.08. The summed E-state index contributed by atoms with van der Waals surface area (Å²) in [6.45, 7) is 0. The van der Waals surface area contributed by atoms with Crippen molar-refractivity contribution in [1.29, 1.82) is 0 Å².